The van der Waals surface area contributed by atoms with Gasteiger partial charge in [0, 0.05) is 0 Å². The molecule has 0 aliphatic heterocycles. The molecular weight excluding hydrogens is 488 g/mol. The van der Waals surface area contributed by atoms with Crippen molar-refractivity contribution < 1.29 is 37.4 Å². The van der Waals surface area contributed by atoms with E-state index in [1.165, 1.54) is 48.5 Å². The van der Waals surface area contributed by atoms with E-state index >= 15 is 0 Å². The number of para-hydroxylation sites is 1. The first-order chi connectivity index (χ1) is 17.1. The molecule has 3 rings (SSSR count). The third kappa shape index (κ3) is 6.60. The van der Waals surface area contributed by atoms with Crippen molar-refractivity contribution in [3.63, 3.8) is 0 Å². The molecule has 0 radical (unpaired) electrons. The van der Waals surface area contributed by atoms with Crippen LogP contribution in [0.25, 0.3) is 0 Å². The summed E-state index contributed by atoms with van der Waals surface area (Å²) in [5.41, 5.74) is 0.667. The minimum absolute atomic E-state index is 0.0239. The Labute approximate surface area is 207 Å². The predicted octanol–water partition coefficient (Wildman–Crippen LogP) is 3.02. The van der Waals surface area contributed by atoms with Gasteiger partial charge in [0.1, 0.15) is 18.0 Å². The van der Waals surface area contributed by atoms with Crippen LogP contribution in [-0.4, -0.2) is 45.0 Å². The van der Waals surface area contributed by atoms with Gasteiger partial charge in [0.25, 0.3) is 15.9 Å². The second-order valence-corrected chi connectivity index (χ2v) is 9.30. The van der Waals surface area contributed by atoms with E-state index in [4.69, 9.17) is 14.6 Å². The number of hydrogen-bond acceptors (Lipinski definition) is 7. The topological polar surface area (TPSA) is 148 Å². The van der Waals surface area contributed by atoms with E-state index in [0.29, 0.717) is 5.75 Å². The zero-order chi connectivity index (χ0) is 26.3. The monoisotopic (exact) mass is 512 g/mol. The molecule has 0 aliphatic rings. The Morgan fingerprint density at radius 3 is 2.14 bits per heavy atom. The zero-order valence-corrected chi connectivity index (χ0v) is 20.2. The molecule has 0 fully saturated rings. The van der Waals surface area contributed by atoms with E-state index in [2.05, 4.69) is 10.0 Å². The fourth-order valence-corrected chi connectivity index (χ4v) is 4.22. The van der Waals surface area contributed by atoms with Gasteiger partial charge in [-0.15, -0.1) is 0 Å². The Morgan fingerprint density at radius 2 is 1.53 bits per heavy atom. The summed E-state index contributed by atoms with van der Waals surface area (Å²) in [6, 6.07) is 18.0. The molecule has 3 aromatic rings. The highest BCUT2D eigenvalue weighted by atomic mass is 32.2. The maximum atomic E-state index is 12.9. The number of amides is 1. The molecule has 0 saturated heterocycles. The van der Waals surface area contributed by atoms with Gasteiger partial charge in [0.05, 0.1) is 29.2 Å². The molecule has 11 heteroatoms. The minimum Gasteiger partial charge on any atom is -0.497 e. The number of carboxylic acids is 1. The Hall–Kier alpha value is -4.38. The van der Waals surface area contributed by atoms with Crippen molar-refractivity contribution in [1.29, 1.82) is 0 Å². The van der Waals surface area contributed by atoms with E-state index < -0.39 is 40.3 Å². The number of carbonyl (C=O) groups is 3. The number of aliphatic carboxylic acids is 1. The van der Waals surface area contributed by atoms with Crippen molar-refractivity contribution in [2.24, 2.45) is 0 Å². The summed E-state index contributed by atoms with van der Waals surface area (Å²) in [4.78, 5) is 35.4. The number of sulfonamides is 1. The van der Waals surface area contributed by atoms with Crippen molar-refractivity contribution in [3.05, 3.63) is 83.9 Å². The maximum Gasteiger partial charge on any atom is 0.322 e. The predicted molar refractivity (Wildman–Crippen MR) is 131 cm³/mol. The molecule has 0 aliphatic carbocycles. The Balaban J connectivity index is 1.70. The Morgan fingerprint density at radius 1 is 0.917 bits per heavy atom. The van der Waals surface area contributed by atoms with Crippen LogP contribution in [-0.2, 0) is 19.6 Å². The molecule has 1 unspecified atom stereocenters. The minimum atomic E-state index is -4.11. The molecule has 0 saturated carbocycles. The molecule has 3 N–H and O–H groups in total. The van der Waals surface area contributed by atoms with Crippen LogP contribution >= 0.6 is 0 Å². The first-order valence-corrected chi connectivity index (χ1v) is 12.2. The van der Waals surface area contributed by atoms with Gasteiger partial charge in [-0.3, -0.25) is 19.1 Å². The van der Waals surface area contributed by atoms with Crippen molar-refractivity contribution in [1.82, 2.24) is 5.32 Å². The molecule has 188 valence electrons. The van der Waals surface area contributed by atoms with Crippen LogP contribution in [0.3, 0.4) is 0 Å². The van der Waals surface area contributed by atoms with Crippen LogP contribution in [0.4, 0.5) is 5.69 Å². The SMILES string of the molecule is COc1ccc(C(C)C(=O)Oc2ccc(S(=O)(=O)Nc3ccccc3C(=O)NCC(=O)O)cc2)cc1. The lowest BCUT2D eigenvalue weighted by Gasteiger charge is -2.14. The summed E-state index contributed by atoms with van der Waals surface area (Å²) >= 11 is 0. The van der Waals surface area contributed by atoms with E-state index in [-0.39, 0.29) is 21.9 Å². The fraction of sp³-hybridized carbons (Fsp3) is 0.160. The average Bonchev–Trinajstić information content (AvgIpc) is 2.87. The van der Waals surface area contributed by atoms with Crippen molar-refractivity contribution >= 4 is 33.6 Å². The third-order valence-electron chi connectivity index (χ3n) is 5.14. The number of anilines is 1. The van der Waals surface area contributed by atoms with Gasteiger partial charge < -0.3 is 19.9 Å². The molecule has 3 aromatic carbocycles. The van der Waals surface area contributed by atoms with Crippen LogP contribution in [0.5, 0.6) is 11.5 Å². The molecule has 0 aromatic heterocycles. The summed E-state index contributed by atoms with van der Waals surface area (Å²) in [6.07, 6.45) is 0. The lowest BCUT2D eigenvalue weighted by atomic mass is 10.0. The second-order valence-electron chi connectivity index (χ2n) is 7.61. The van der Waals surface area contributed by atoms with Crippen molar-refractivity contribution in [2.45, 2.75) is 17.7 Å². The molecule has 0 bridgehead atoms. The normalized spacial score (nSPS) is 11.7. The lowest BCUT2D eigenvalue weighted by Crippen LogP contribution is -2.30. The molecule has 1 atom stereocenters. The van der Waals surface area contributed by atoms with Gasteiger partial charge in [-0.05, 0) is 61.0 Å². The molecule has 0 heterocycles. The van der Waals surface area contributed by atoms with Crippen LogP contribution < -0.4 is 19.5 Å². The fourth-order valence-electron chi connectivity index (χ4n) is 3.14. The van der Waals surface area contributed by atoms with Crippen LogP contribution in [0.15, 0.2) is 77.7 Å². The number of rotatable bonds is 10. The standard InChI is InChI=1S/C25H24N2O8S/c1-16(17-7-9-18(34-2)10-8-17)25(31)35-19-11-13-20(14-12-19)36(32,33)27-22-6-4-3-5-21(22)24(30)26-15-23(28)29/h3-14,16,27H,15H2,1-2H3,(H,26,30)(H,28,29). The highest BCUT2D eigenvalue weighted by molar-refractivity contribution is 7.92. The zero-order valence-electron chi connectivity index (χ0n) is 19.4. The second kappa shape index (κ2) is 11.4. The number of esters is 1. The number of hydrogen-bond donors (Lipinski definition) is 3. The van der Waals surface area contributed by atoms with E-state index in [1.807, 2.05) is 0 Å². The van der Waals surface area contributed by atoms with E-state index in [0.717, 1.165) is 5.56 Å². The number of ether oxygens (including phenoxy) is 2. The highest BCUT2D eigenvalue weighted by Crippen LogP contribution is 2.24. The first kappa shape index (κ1) is 26.2. The quantitative estimate of drug-likeness (QED) is 0.277. The summed E-state index contributed by atoms with van der Waals surface area (Å²) in [5, 5.41) is 10.9. The number of carboxylic acid groups (broad SMARTS) is 1. The van der Waals surface area contributed by atoms with Gasteiger partial charge in [-0.2, -0.15) is 0 Å². The van der Waals surface area contributed by atoms with Crippen LogP contribution in [0.1, 0.15) is 28.8 Å². The Kier molecular flexibility index (Phi) is 8.28. The molecule has 1 amide bonds. The highest BCUT2D eigenvalue weighted by Gasteiger charge is 2.21. The van der Waals surface area contributed by atoms with Gasteiger partial charge in [0.15, 0.2) is 0 Å². The number of benzene rings is 3. The number of methoxy groups -OCH3 is 1. The molecular formula is C25H24N2O8S. The van der Waals surface area contributed by atoms with Crippen molar-refractivity contribution in [3.8, 4) is 11.5 Å². The van der Waals surface area contributed by atoms with Gasteiger partial charge in [-0.1, -0.05) is 24.3 Å². The molecule has 36 heavy (non-hydrogen) atoms. The smallest absolute Gasteiger partial charge is 0.322 e. The summed E-state index contributed by atoms with van der Waals surface area (Å²) in [7, 11) is -2.56. The summed E-state index contributed by atoms with van der Waals surface area (Å²) < 4.78 is 38.6. The molecule has 0 spiro atoms. The van der Waals surface area contributed by atoms with Gasteiger partial charge >= 0.3 is 11.9 Å². The third-order valence-corrected chi connectivity index (χ3v) is 6.52. The largest absolute Gasteiger partial charge is 0.497 e. The summed E-state index contributed by atoms with van der Waals surface area (Å²) in [6.45, 7) is 1.08. The number of nitrogens with one attached hydrogen (secondary N) is 2. The summed E-state index contributed by atoms with van der Waals surface area (Å²) in [5.74, 6) is -2.24. The first-order valence-electron chi connectivity index (χ1n) is 10.7. The number of carbonyl (C=O) groups excluding carboxylic acids is 2. The van der Waals surface area contributed by atoms with Crippen LogP contribution in [0, 0.1) is 0 Å². The maximum absolute atomic E-state index is 12.9. The van der Waals surface area contributed by atoms with E-state index in [9.17, 15) is 22.8 Å². The average molecular weight is 513 g/mol. The molecule has 10 nitrogen and oxygen atoms in total. The van der Waals surface area contributed by atoms with Crippen molar-refractivity contribution in [2.75, 3.05) is 18.4 Å². The Bertz CT molecular complexity index is 1350. The van der Waals surface area contributed by atoms with Gasteiger partial charge in [0.2, 0.25) is 0 Å². The van der Waals surface area contributed by atoms with Crippen LogP contribution in [0.2, 0.25) is 0 Å². The lowest BCUT2D eigenvalue weighted by molar-refractivity contribution is -0.136. The van der Waals surface area contributed by atoms with E-state index in [1.54, 1.807) is 38.3 Å². The van der Waals surface area contributed by atoms with Gasteiger partial charge in [-0.25, -0.2) is 8.42 Å².